The van der Waals surface area contributed by atoms with Gasteiger partial charge in [-0.1, -0.05) is 43.0 Å². The van der Waals surface area contributed by atoms with E-state index in [4.69, 9.17) is 0 Å². The van der Waals surface area contributed by atoms with Crippen molar-refractivity contribution < 1.29 is 0 Å². The van der Waals surface area contributed by atoms with E-state index in [9.17, 15) is 0 Å². The fourth-order valence-corrected chi connectivity index (χ4v) is 6.17. The predicted octanol–water partition coefficient (Wildman–Crippen LogP) is 6.84. The Labute approximate surface area is 154 Å². The summed E-state index contributed by atoms with van der Waals surface area (Å²) in [6, 6.07) is 7.01. The summed E-state index contributed by atoms with van der Waals surface area (Å²) in [6.07, 6.45) is 19.7. The number of hydrogen-bond donors (Lipinski definition) is 0. The SMILES string of the molecule is C=Cc1ccc2c(c1)CCC(C1CCC3CC(/C=C/C)CCC3C1)C2. The zero-order valence-corrected chi connectivity index (χ0v) is 15.9. The van der Waals surface area contributed by atoms with Crippen molar-refractivity contribution in [1.82, 2.24) is 0 Å². The molecule has 5 atom stereocenters. The van der Waals surface area contributed by atoms with E-state index in [2.05, 4.69) is 43.9 Å². The number of fused-ring (bicyclic) bond motifs is 2. The molecule has 4 rings (SSSR count). The van der Waals surface area contributed by atoms with Crippen molar-refractivity contribution in [2.24, 2.45) is 29.6 Å². The van der Waals surface area contributed by atoms with E-state index in [1.165, 1.54) is 63.4 Å². The van der Waals surface area contributed by atoms with E-state index in [1.807, 2.05) is 6.08 Å². The molecule has 1 aromatic rings. The molecule has 2 saturated carbocycles. The fourth-order valence-electron chi connectivity index (χ4n) is 6.17. The van der Waals surface area contributed by atoms with Crippen molar-refractivity contribution in [2.75, 3.05) is 0 Å². The second-order valence-electron chi connectivity index (χ2n) is 8.93. The van der Waals surface area contributed by atoms with E-state index < -0.39 is 0 Å². The Morgan fingerprint density at radius 3 is 2.44 bits per heavy atom. The van der Waals surface area contributed by atoms with Crippen LogP contribution in [0.4, 0.5) is 0 Å². The lowest BCUT2D eigenvalue weighted by atomic mass is 9.61. The topological polar surface area (TPSA) is 0 Å². The van der Waals surface area contributed by atoms with Crippen molar-refractivity contribution in [2.45, 2.75) is 64.7 Å². The zero-order chi connectivity index (χ0) is 17.2. The first kappa shape index (κ1) is 17.1. The molecule has 0 aliphatic heterocycles. The maximum Gasteiger partial charge on any atom is -0.0231 e. The lowest BCUT2D eigenvalue weighted by Gasteiger charge is -2.44. The minimum absolute atomic E-state index is 0.878. The van der Waals surface area contributed by atoms with Crippen LogP contribution in [0.1, 0.15) is 68.6 Å². The second kappa shape index (κ2) is 7.52. The van der Waals surface area contributed by atoms with Crippen molar-refractivity contribution >= 4 is 6.08 Å². The second-order valence-corrected chi connectivity index (χ2v) is 8.93. The van der Waals surface area contributed by atoms with Crippen LogP contribution in [0.3, 0.4) is 0 Å². The van der Waals surface area contributed by atoms with Gasteiger partial charge in [0.25, 0.3) is 0 Å². The number of hydrogen-bond acceptors (Lipinski definition) is 0. The molecule has 0 aromatic heterocycles. The molecular formula is C25H34. The molecular weight excluding hydrogens is 300 g/mol. The van der Waals surface area contributed by atoms with Crippen LogP contribution >= 0.6 is 0 Å². The van der Waals surface area contributed by atoms with Crippen LogP contribution < -0.4 is 0 Å². The van der Waals surface area contributed by atoms with E-state index in [0.717, 1.165) is 29.6 Å². The summed E-state index contributed by atoms with van der Waals surface area (Å²) >= 11 is 0. The van der Waals surface area contributed by atoms with Crippen LogP contribution in [0.25, 0.3) is 6.08 Å². The number of rotatable bonds is 3. The van der Waals surface area contributed by atoms with Crippen LogP contribution in [0, 0.1) is 29.6 Å². The quantitative estimate of drug-likeness (QED) is 0.531. The third-order valence-corrected chi connectivity index (χ3v) is 7.56. The van der Waals surface area contributed by atoms with Gasteiger partial charge in [-0.15, -0.1) is 0 Å². The molecule has 0 heterocycles. The van der Waals surface area contributed by atoms with Crippen molar-refractivity contribution in [3.63, 3.8) is 0 Å². The molecule has 134 valence electrons. The summed E-state index contributed by atoms with van der Waals surface area (Å²) in [5.74, 6) is 4.87. The molecule has 0 amide bonds. The van der Waals surface area contributed by atoms with E-state index in [1.54, 1.807) is 11.1 Å². The first-order chi connectivity index (χ1) is 12.3. The van der Waals surface area contributed by atoms with Gasteiger partial charge in [0.05, 0.1) is 0 Å². The minimum Gasteiger partial charge on any atom is -0.0985 e. The van der Waals surface area contributed by atoms with Crippen molar-refractivity contribution in [3.05, 3.63) is 53.6 Å². The van der Waals surface area contributed by atoms with Crippen molar-refractivity contribution in [3.8, 4) is 0 Å². The maximum atomic E-state index is 3.92. The van der Waals surface area contributed by atoms with Gasteiger partial charge in [0.15, 0.2) is 0 Å². The molecule has 3 aliphatic carbocycles. The Kier molecular flexibility index (Phi) is 5.15. The standard InChI is InChI=1S/C25H34/c1-3-5-19-7-9-23-17-25(13-11-21(23)15-19)24-12-10-20-14-18(4-2)6-8-22(20)16-24/h3-6,8,14,19,21,23-25H,2,7,9-13,15-17H2,1H3/b5-3+. The van der Waals surface area contributed by atoms with E-state index >= 15 is 0 Å². The Balaban J connectivity index is 1.38. The smallest absolute Gasteiger partial charge is 0.0231 e. The van der Waals surface area contributed by atoms with Gasteiger partial charge < -0.3 is 0 Å². The molecule has 1 aromatic carbocycles. The van der Waals surface area contributed by atoms with Gasteiger partial charge in [0.1, 0.15) is 0 Å². The minimum atomic E-state index is 0.878. The molecule has 0 N–H and O–H groups in total. The molecule has 0 nitrogen and oxygen atoms in total. The molecule has 0 bridgehead atoms. The monoisotopic (exact) mass is 334 g/mol. The van der Waals surface area contributed by atoms with Gasteiger partial charge in [0.2, 0.25) is 0 Å². The fraction of sp³-hybridized carbons (Fsp3) is 0.600. The van der Waals surface area contributed by atoms with Gasteiger partial charge >= 0.3 is 0 Å². The molecule has 25 heavy (non-hydrogen) atoms. The highest BCUT2D eigenvalue weighted by atomic mass is 14.4. The summed E-state index contributed by atoms with van der Waals surface area (Å²) in [4.78, 5) is 0. The number of aryl methyl sites for hydroxylation is 1. The highest BCUT2D eigenvalue weighted by Gasteiger charge is 2.38. The van der Waals surface area contributed by atoms with Gasteiger partial charge in [-0.3, -0.25) is 0 Å². The lowest BCUT2D eigenvalue weighted by Crippen LogP contribution is -2.34. The van der Waals surface area contributed by atoms with Gasteiger partial charge in [-0.2, -0.15) is 0 Å². The normalized spacial score (nSPS) is 35.2. The highest BCUT2D eigenvalue weighted by molar-refractivity contribution is 5.50. The molecule has 0 radical (unpaired) electrons. The van der Waals surface area contributed by atoms with E-state index in [-0.39, 0.29) is 0 Å². The van der Waals surface area contributed by atoms with Gasteiger partial charge in [-0.05, 0) is 111 Å². The third kappa shape index (κ3) is 3.64. The number of allylic oxidation sites excluding steroid dienone is 2. The van der Waals surface area contributed by atoms with E-state index in [0.29, 0.717) is 0 Å². The summed E-state index contributed by atoms with van der Waals surface area (Å²) in [5.41, 5.74) is 4.51. The Morgan fingerprint density at radius 2 is 1.64 bits per heavy atom. The first-order valence-corrected chi connectivity index (χ1v) is 10.6. The van der Waals surface area contributed by atoms with Crippen LogP contribution in [0.5, 0.6) is 0 Å². The summed E-state index contributed by atoms with van der Waals surface area (Å²) in [5, 5.41) is 0. The van der Waals surface area contributed by atoms with Crippen LogP contribution in [0.15, 0.2) is 36.9 Å². The third-order valence-electron chi connectivity index (χ3n) is 7.56. The summed E-state index contributed by atoms with van der Waals surface area (Å²) in [6.45, 7) is 6.10. The molecule has 0 saturated heterocycles. The number of benzene rings is 1. The average molecular weight is 335 g/mol. The zero-order valence-electron chi connectivity index (χ0n) is 15.9. The summed E-state index contributed by atoms with van der Waals surface area (Å²) < 4.78 is 0. The van der Waals surface area contributed by atoms with Crippen molar-refractivity contribution in [1.29, 1.82) is 0 Å². The molecule has 3 aliphatic rings. The molecule has 0 heteroatoms. The van der Waals surface area contributed by atoms with Crippen LogP contribution in [-0.4, -0.2) is 0 Å². The maximum absolute atomic E-state index is 3.92. The van der Waals surface area contributed by atoms with Gasteiger partial charge in [-0.25, -0.2) is 0 Å². The first-order valence-electron chi connectivity index (χ1n) is 10.6. The molecule has 2 fully saturated rings. The Hall–Kier alpha value is -1.30. The Bertz CT molecular complexity index is 637. The highest BCUT2D eigenvalue weighted by Crippen LogP contribution is 2.48. The molecule has 0 spiro atoms. The van der Waals surface area contributed by atoms with Gasteiger partial charge in [0, 0.05) is 0 Å². The predicted molar refractivity (Wildman–Crippen MR) is 109 cm³/mol. The van der Waals surface area contributed by atoms with Crippen LogP contribution in [0.2, 0.25) is 0 Å². The average Bonchev–Trinajstić information content (AvgIpc) is 2.67. The van der Waals surface area contributed by atoms with Crippen LogP contribution in [-0.2, 0) is 12.8 Å². The largest absolute Gasteiger partial charge is 0.0985 e. The summed E-state index contributed by atoms with van der Waals surface area (Å²) in [7, 11) is 0. The Morgan fingerprint density at radius 1 is 0.880 bits per heavy atom. The molecule has 5 unspecified atom stereocenters. The lowest BCUT2D eigenvalue weighted by molar-refractivity contribution is 0.0810.